The molecule has 1 aromatic heterocycles. The molecule has 0 amide bonds. The maximum Gasteiger partial charge on any atom is 0.119 e. The van der Waals surface area contributed by atoms with Gasteiger partial charge in [0.05, 0.1) is 14.4 Å². The van der Waals surface area contributed by atoms with Crippen molar-refractivity contribution >= 4 is 18.7 Å². The Balaban J connectivity index is 1.42. The lowest BCUT2D eigenvalue weighted by molar-refractivity contribution is 0.0924. The molecule has 148 valence electrons. The van der Waals surface area contributed by atoms with E-state index in [1.807, 2.05) is 30.3 Å². The number of aliphatic hydroxyl groups is 1. The van der Waals surface area contributed by atoms with E-state index in [1.54, 1.807) is 0 Å². The van der Waals surface area contributed by atoms with Crippen LogP contribution in [0.1, 0.15) is 29.7 Å². The van der Waals surface area contributed by atoms with Crippen LogP contribution in [0.4, 0.5) is 0 Å². The Morgan fingerprint density at radius 3 is 2.72 bits per heavy atom. The summed E-state index contributed by atoms with van der Waals surface area (Å²) in [5, 5.41) is 12.0. The summed E-state index contributed by atoms with van der Waals surface area (Å²) in [4.78, 5) is 2.62. The Hall–Kier alpha value is -2.24. The van der Waals surface area contributed by atoms with Gasteiger partial charge in [-0.25, -0.2) is 0 Å². The molecule has 4 nitrogen and oxygen atoms in total. The molecular formula is C24H27BN2O2. The summed E-state index contributed by atoms with van der Waals surface area (Å²) in [5.74, 6) is 0.790. The van der Waals surface area contributed by atoms with E-state index in [2.05, 4.69) is 27.7 Å². The lowest BCUT2D eigenvalue weighted by Crippen LogP contribution is -2.33. The Morgan fingerprint density at radius 2 is 1.97 bits per heavy atom. The van der Waals surface area contributed by atoms with Gasteiger partial charge in [-0.3, -0.25) is 4.90 Å². The number of hydrogen-bond donors (Lipinski definition) is 1. The minimum atomic E-state index is -0.564. The fourth-order valence-corrected chi connectivity index (χ4v) is 4.58. The van der Waals surface area contributed by atoms with Crippen LogP contribution in [-0.2, 0) is 25.8 Å². The average Bonchev–Trinajstić information content (AvgIpc) is 3.58. The smallest absolute Gasteiger partial charge is 0.119 e. The quantitative estimate of drug-likeness (QED) is 0.634. The van der Waals surface area contributed by atoms with E-state index >= 15 is 0 Å². The number of aliphatic hydroxyl groups excluding tert-OH is 1. The van der Waals surface area contributed by atoms with E-state index in [9.17, 15) is 5.11 Å². The van der Waals surface area contributed by atoms with E-state index in [0.29, 0.717) is 12.9 Å². The second-order valence-corrected chi connectivity index (χ2v) is 8.32. The number of rotatable bonds is 7. The van der Waals surface area contributed by atoms with Gasteiger partial charge in [-0.1, -0.05) is 42.2 Å². The SMILES string of the molecule is [B]Cc1ccc2c(c1)c1c(n2CC(O)COc2ccccc2)CCN(C2CC2)C1. The molecule has 2 aromatic carbocycles. The Labute approximate surface area is 173 Å². The van der Waals surface area contributed by atoms with Gasteiger partial charge in [-0.2, -0.15) is 0 Å². The molecule has 0 spiro atoms. The summed E-state index contributed by atoms with van der Waals surface area (Å²) >= 11 is 0. The fraction of sp³-hybridized carbons (Fsp3) is 0.417. The van der Waals surface area contributed by atoms with Crippen LogP contribution in [0.25, 0.3) is 10.9 Å². The number of benzene rings is 2. The highest BCUT2D eigenvalue weighted by molar-refractivity contribution is 6.08. The molecule has 1 atom stereocenters. The molecule has 2 heterocycles. The molecule has 2 radical (unpaired) electrons. The van der Waals surface area contributed by atoms with Crippen LogP contribution < -0.4 is 4.74 Å². The van der Waals surface area contributed by atoms with Crippen molar-refractivity contribution in [2.24, 2.45) is 0 Å². The van der Waals surface area contributed by atoms with Crippen molar-refractivity contribution in [3.05, 3.63) is 65.4 Å². The van der Waals surface area contributed by atoms with Crippen molar-refractivity contribution in [3.63, 3.8) is 0 Å². The predicted octanol–water partition coefficient (Wildman–Crippen LogP) is 3.27. The normalized spacial score (nSPS) is 18.0. The summed E-state index contributed by atoms with van der Waals surface area (Å²) in [5.41, 5.74) is 5.15. The van der Waals surface area contributed by atoms with Crippen LogP contribution in [0.2, 0.25) is 0 Å². The van der Waals surface area contributed by atoms with Crippen molar-refractivity contribution in [2.75, 3.05) is 13.2 Å². The lowest BCUT2D eigenvalue weighted by Gasteiger charge is -2.28. The molecule has 2 aliphatic rings. The van der Waals surface area contributed by atoms with Crippen LogP contribution in [0.15, 0.2) is 48.5 Å². The van der Waals surface area contributed by atoms with Crippen molar-refractivity contribution in [2.45, 2.75) is 50.8 Å². The van der Waals surface area contributed by atoms with Gasteiger partial charge < -0.3 is 14.4 Å². The summed E-state index contributed by atoms with van der Waals surface area (Å²) in [6.07, 6.45) is 3.68. The van der Waals surface area contributed by atoms with E-state index in [4.69, 9.17) is 12.6 Å². The zero-order chi connectivity index (χ0) is 19.8. The van der Waals surface area contributed by atoms with Gasteiger partial charge in [0.2, 0.25) is 0 Å². The first-order valence-corrected chi connectivity index (χ1v) is 10.7. The molecule has 29 heavy (non-hydrogen) atoms. The summed E-state index contributed by atoms with van der Waals surface area (Å²) in [7, 11) is 5.91. The van der Waals surface area contributed by atoms with Crippen molar-refractivity contribution in [3.8, 4) is 5.75 Å². The molecule has 5 rings (SSSR count). The van der Waals surface area contributed by atoms with Gasteiger partial charge in [-0.05, 0) is 36.6 Å². The van der Waals surface area contributed by atoms with Gasteiger partial charge in [0.1, 0.15) is 18.5 Å². The molecule has 0 saturated heterocycles. The molecule has 0 bridgehead atoms. The van der Waals surface area contributed by atoms with Crippen LogP contribution in [0.3, 0.4) is 0 Å². The highest BCUT2D eigenvalue weighted by atomic mass is 16.5. The van der Waals surface area contributed by atoms with Gasteiger partial charge in [0, 0.05) is 42.1 Å². The number of aromatic nitrogens is 1. The predicted molar refractivity (Wildman–Crippen MR) is 116 cm³/mol. The number of hydrogen-bond acceptors (Lipinski definition) is 3. The van der Waals surface area contributed by atoms with E-state index in [1.165, 1.54) is 35.0 Å². The van der Waals surface area contributed by atoms with Crippen molar-refractivity contribution < 1.29 is 9.84 Å². The standard InChI is InChI=1S/C24H27BN2O2/c25-13-17-6-9-23-21(12-17)22-15-26(18-7-8-18)11-10-24(22)27(23)14-19(28)16-29-20-4-2-1-3-5-20/h1-6,9,12,18-19,28H,7-8,10-11,13-16H2. The van der Waals surface area contributed by atoms with Crippen molar-refractivity contribution in [1.29, 1.82) is 0 Å². The van der Waals surface area contributed by atoms with Crippen LogP contribution in [-0.4, -0.2) is 47.7 Å². The second-order valence-electron chi connectivity index (χ2n) is 8.32. The third kappa shape index (κ3) is 3.81. The second kappa shape index (κ2) is 7.89. The third-order valence-electron chi connectivity index (χ3n) is 6.23. The lowest BCUT2D eigenvalue weighted by atomic mass is 9.95. The van der Waals surface area contributed by atoms with Gasteiger partial charge in [-0.15, -0.1) is 0 Å². The molecule has 3 aromatic rings. The van der Waals surface area contributed by atoms with E-state index < -0.39 is 6.10 Å². The molecule has 1 unspecified atom stereocenters. The molecule has 5 heteroatoms. The van der Waals surface area contributed by atoms with Crippen LogP contribution in [0, 0.1) is 0 Å². The summed E-state index contributed by atoms with van der Waals surface area (Å²) in [6.45, 7) is 2.94. The Bertz CT molecular complexity index is 997. The maximum absolute atomic E-state index is 10.7. The maximum atomic E-state index is 10.7. The Kier molecular flexibility index (Phi) is 5.10. The number of ether oxygens (including phenoxy) is 1. The molecule has 1 aliphatic carbocycles. The zero-order valence-electron chi connectivity index (χ0n) is 16.8. The van der Waals surface area contributed by atoms with Crippen molar-refractivity contribution in [1.82, 2.24) is 9.47 Å². The monoisotopic (exact) mass is 386 g/mol. The summed E-state index contributed by atoms with van der Waals surface area (Å²) < 4.78 is 8.09. The van der Waals surface area contributed by atoms with Crippen LogP contribution >= 0.6 is 0 Å². The topological polar surface area (TPSA) is 37.6 Å². The van der Waals surface area contributed by atoms with Crippen LogP contribution in [0.5, 0.6) is 5.75 Å². The highest BCUT2D eigenvalue weighted by Gasteiger charge is 2.33. The van der Waals surface area contributed by atoms with Gasteiger partial charge >= 0.3 is 0 Å². The van der Waals surface area contributed by atoms with Gasteiger partial charge in [0.25, 0.3) is 0 Å². The molecule has 1 aliphatic heterocycles. The van der Waals surface area contributed by atoms with Gasteiger partial charge in [0.15, 0.2) is 0 Å². The highest BCUT2D eigenvalue weighted by Crippen LogP contribution is 2.36. The van der Waals surface area contributed by atoms with E-state index in [-0.39, 0.29) is 6.61 Å². The first kappa shape index (κ1) is 18.8. The Morgan fingerprint density at radius 1 is 1.14 bits per heavy atom. The fourth-order valence-electron chi connectivity index (χ4n) is 4.58. The first-order valence-electron chi connectivity index (χ1n) is 10.7. The molecular weight excluding hydrogens is 359 g/mol. The minimum absolute atomic E-state index is 0.285. The molecule has 1 saturated carbocycles. The zero-order valence-corrected chi connectivity index (χ0v) is 16.8. The third-order valence-corrected chi connectivity index (χ3v) is 6.23. The minimum Gasteiger partial charge on any atom is -0.491 e. The largest absolute Gasteiger partial charge is 0.491 e. The van der Waals surface area contributed by atoms with E-state index in [0.717, 1.165) is 36.9 Å². The summed E-state index contributed by atoms with van der Waals surface area (Å²) in [6, 6.07) is 17.0. The number of nitrogens with zero attached hydrogens (tertiary/aromatic N) is 2. The molecule has 1 fully saturated rings. The molecule has 1 N–H and O–H groups in total. The number of fused-ring (bicyclic) bond motifs is 3. The number of para-hydroxylation sites is 1. The first-order chi connectivity index (χ1) is 14.2. The average molecular weight is 386 g/mol.